The maximum atomic E-state index is 11.9. The van der Waals surface area contributed by atoms with E-state index in [9.17, 15) is 8.42 Å². The van der Waals surface area contributed by atoms with Gasteiger partial charge >= 0.3 is 0 Å². The summed E-state index contributed by atoms with van der Waals surface area (Å²) >= 11 is 0. The highest BCUT2D eigenvalue weighted by Gasteiger charge is 2.18. The molecule has 0 bridgehead atoms. The third-order valence-electron chi connectivity index (χ3n) is 2.23. The summed E-state index contributed by atoms with van der Waals surface area (Å²) in [7, 11) is -0.475. The van der Waals surface area contributed by atoms with Gasteiger partial charge in [-0.05, 0) is 18.6 Å². The summed E-state index contributed by atoms with van der Waals surface area (Å²) in [5, 5.41) is 0. The third kappa shape index (κ3) is 3.10. The van der Waals surface area contributed by atoms with Crippen LogP contribution < -0.4 is 10.5 Å². The molecule has 0 spiro atoms. The van der Waals surface area contributed by atoms with E-state index in [1.54, 1.807) is 6.07 Å². The number of nitrogens with zero attached hydrogens (tertiary/aromatic N) is 1. The lowest BCUT2D eigenvalue weighted by molar-refractivity contribution is 0.318. The summed E-state index contributed by atoms with van der Waals surface area (Å²) in [5.74, 6) is 0.412. The summed E-state index contributed by atoms with van der Waals surface area (Å²) in [6.07, 6.45) is 0.837. The van der Waals surface area contributed by atoms with Crippen LogP contribution in [-0.2, 0) is 10.0 Å². The number of ether oxygens (including phenoxy) is 1. The van der Waals surface area contributed by atoms with Gasteiger partial charge in [-0.25, -0.2) is 12.7 Å². The fraction of sp³-hybridized carbons (Fsp3) is 0.455. The normalized spacial score (nSPS) is 11.8. The first-order chi connectivity index (χ1) is 7.89. The monoisotopic (exact) mass is 258 g/mol. The highest BCUT2D eigenvalue weighted by molar-refractivity contribution is 7.89. The minimum atomic E-state index is -3.44. The van der Waals surface area contributed by atoms with Crippen LogP contribution in [0.3, 0.4) is 0 Å². The number of sulfonamides is 1. The molecule has 2 N–H and O–H groups in total. The van der Waals surface area contributed by atoms with Crippen LogP contribution >= 0.6 is 0 Å². The fourth-order valence-electron chi connectivity index (χ4n) is 1.22. The molecule has 1 aromatic rings. The summed E-state index contributed by atoms with van der Waals surface area (Å²) in [4.78, 5) is 0.183. The summed E-state index contributed by atoms with van der Waals surface area (Å²) in [5.41, 5.74) is 6.16. The first-order valence-electron chi connectivity index (χ1n) is 5.34. The molecule has 0 unspecified atom stereocenters. The zero-order valence-electron chi connectivity index (χ0n) is 10.3. The van der Waals surface area contributed by atoms with Crippen molar-refractivity contribution in [2.75, 3.05) is 26.4 Å². The first kappa shape index (κ1) is 13.8. The molecule has 0 saturated carbocycles. The molecule has 5 nitrogen and oxygen atoms in total. The lowest BCUT2D eigenvalue weighted by Crippen LogP contribution is -2.22. The Morgan fingerprint density at radius 1 is 1.35 bits per heavy atom. The van der Waals surface area contributed by atoms with Crippen molar-refractivity contribution >= 4 is 15.7 Å². The molecule has 0 radical (unpaired) electrons. The summed E-state index contributed by atoms with van der Waals surface area (Å²) < 4.78 is 30.3. The lowest BCUT2D eigenvalue weighted by Gasteiger charge is -2.14. The smallest absolute Gasteiger partial charge is 0.242 e. The maximum Gasteiger partial charge on any atom is 0.242 e. The third-order valence-corrected chi connectivity index (χ3v) is 4.04. The van der Waals surface area contributed by atoms with Gasteiger partial charge in [0.25, 0.3) is 0 Å². The number of hydrogen-bond acceptors (Lipinski definition) is 4. The van der Waals surface area contributed by atoms with Crippen LogP contribution in [0.4, 0.5) is 5.69 Å². The number of hydrogen-bond donors (Lipinski definition) is 1. The molecule has 1 rings (SSSR count). The van der Waals surface area contributed by atoms with Gasteiger partial charge in [0.15, 0.2) is 0 Å². The predicted octanol–water partition coefficient (Wildman–Crippen LogP) is 1.31. The quantitative estimate of drug-likeness (QED) is 0.808. The van der Waals surface area contributed by atoms with Gasteiger partial charge in [0, 0.05) is 20.2 Å². The fourth-order valence-corrected chi connectivity index (χ4v) is 2.14. The van der Waals surface area contributed by atoms with Crippen molar-refractivity contribution in [2.24, 2.45) is 0 Å². The Hall–Kier alpha value is -1.27. The average Bonchev–Trinajstić information content (AvgIpc) is 2.27. The van der Waals surface area contributed by atoms with Crippen LogP contribution in [0.25, 0.3) is 0 Å². The first-order valence-corrected chi connectivity index (χ1v) is 6.78. The van der Waals surface area contributed by atoms with Crippen molar-refractivity contribution in [3.8, 4) is 5.75 Å². The van der Waals surface area contributed by atoms with E-state index in [4.69, 9.17) is 10.5 Å². The van der Waals surface area contributed by atoms with Gasteiger partial charge in [0.05, 0.1) is 17.2 Å². The Balaban J connectivity index is 3.13. The molecule has 1 aromatic carbocycles. The molecule has 0 fully saturated rings. The van der Waals surface area contributed by atoms with E-state index in [0.29, 0.717) is 18.0 Å². The number of nitrogens with two attached hydrogens (primary N) is 1. The van der Waals surface area contributed by atoms with Crippen molar-refractivity contribution in [1.29, 1.82) is 0 Å². The van der Waals surface area contributed by atoms with Gasteiger partial charge in [-0.3, -0.25) is 0 Å². The predicted molar refractivity (Wildman–Crippen MR) is 67.5 cm³/mol. The largest absolute Gasteiger partial charge is 0.491 e. The molecule has 0 aliphatic rings. The molecule has 0 heterocycles. The standard InChI is InChI=1S/C11H18N2O3S/c1-4-7-16-11-8-9(5-6-10(11)12)17(14,15)13(2)3/h5-6,8H,4,7,12H2,1-3H3. The van der Waals surface area contributed by atoms with E-state index in [0.717, 1.165) is 10.7 Å². The highest BCUT2D eigenvalue weighted by atomic mass is 32.2. The number of anilines is 1. The van der Waals surface area contributed by atoms with Crippen LogP contribution in [0.1, 0.15) is 13.3 Å². The molecule has 0 aromatic heterocycles. The van der Waals surface area contributed by atoms with Crippen LogP contribution in [0.2, 0.25) is 0 Å². The van der Waals surface area contributed by atoms with Crippen molar-refractivity contribution in [1.82, 2.24) is 4.31 Å². The summed E-state index contributed by atoms with van der Waals surface area (Å²) in [6, 6.07) is 4.48. The highest BCUT2D eigenvalue weighted by Crippen LogP contribution is 2.26. The molecule has 96 valence electrons. The number of benzene rings is 1. The van der Waals surface area contributed by atoms with Gasteiger partial charge in [0.1, 0.15) is 5.75 Å². The topological polar surface area (TPSA) is 72.6 Å². The Kier molecular flexibility index (Phi) is 4.36. The van der Waals surface area contributed by atoms with Gasteiger partial charge in [0.2, 0.25) is 10.0 Å². The second-order valence-electron chi connectivity index (χ2n) is 3.84. The maximum absolute atomic E-state index is 11.9. The molecule has 0 atom stereocenters. The van der Waals surface area contributed by atoms with Crippen LogP contribution in [0, 0.1) is 0 Å². The molecule has 0 amide bonds. The van der Waals surface area contributed by atoms with Crippen molar-refractivity contribution < 1.29 is 13.2 Å². The van der Waals surface area contributed by atoms with Gasteiger partial charge in [-0.15, -0.1) is 0 Å². The average molecular weight is 258 g/mol. The Morgan fingerprint density at radius 3 is 2.53 bits per heavy atom. The SMILES string of the molecule is CCCOc1cc(S(=O)(=O)N(C)C)ccc1N. The molecule has 0 saturated heterocycles. The molecule has 17 heavy (non-hydrogen) atoms. The minimum Gasteiger partial charge on any atom is -0.491 e. The van der Waals surface area contributed by atoms with Crippen LogP contribution in [0.5, 0.6) is 5.75 Å². The zero-order chi connectivity index (χ0) is 13.1. The lowest BCUT2D eigenvalue weighted by atomic mass is 10.3. The summed E-state index contributed by atoms with van der Waals surface area (Å²) in [6.45, 7) is 2.48. The number of nitrogen functional groups attached to an aromatic ring is 1. The van der Waals surface area contributed by atoms with E-state index in [1.807, 2.05) is 6.92 Å². The van der Waals surface area contributed by atoms with Crippen LogP contribution in [-0.4, -0.2) is 33.4 Å². The number of rotatable bonds is 5. The van der Waals surface area contributed by atoms with Crippen LogP contribution in [0.15, 0.2) is 23.1 Å². The molecular formula is C11H18N2O3S. The van der Waals surface area contributed by atoms with E-state index in [2.05, 4.69) is 0 Å². The molecule has 6 heteroatoms. The zero-order valence-corrected chi connectivity index (χ0v) is 11.1. The molecular weight excluding hydrogens is 240 g/mol. The van der Waals surface area contributed by atoms with Crippen molar-refractivity contribution in [3.63, 3.8) is 0 Å². The second-order valence-corrected chi connectivity index (χ2v) is 5.99. The minimum absolute atomic E-state index is 0.183. The van der Waals surface area contributed by atoms with Gasteiger partial charge < -0.3 is 10.5 Å². The van der Waals surface area contributed by atoms with E-state index in [1.165, 1.54) is 26.2 Å². The van der Waals surface area contributed by atoms with Gasteiger partial charge in [-0.2, -0.15) is 0 Å². The van der Waals surface area contributed by atoms with Gasteiger partial charge in [-0.1, -0.05) is 6.92 Å². The molecule has 0 aliphatic heterocycles. The Bertz CT molecular complexity index is 483. The van der Waals surface area contributed by atoms with Crippen molar-refractivity contribution in [3.05, 3.63) is 18.2 Å². The Morgan fingerprint density at radius 2 is 2.00 bits per heavy atom. The van der Waals surface area contributed by atoms with E-state index < -0.39 is 10.0 Å². The van der Waals surface area contributed by atoms with E-state index >= 15 is 0 Å². The Labute approximate surface area is 102 Å². The second kappa shape index (κ2) is 5.37. The van der Waals surface area contributed by atoms with E-state index in [-0.39, 0.29) is 4.90 Å². The van der Waals surface area contributed by atoms with Crippen molar-refractivity contribution in [2.45, 2.75) is 18.2 Å². The molecule has 0 aliphatic carbocycles.